The maximum absolute atomic E-state index is 11.8. The van der Waals surface area contributed by atoms with E-state index in [0.717, 1.165) is 5.56 Å². The second kappa shape index (κ2) is 5.96. The molecule has 0 spiro atoms. The zero-order valence-electron chi connectivity index (χ0n) is 10.4. The topological polar surface area (TPSA) is 30.2 Å². The van der Waals surface area contributed by atoms with Gasteiger partial charge in [0.15, 0.2) is 12.7 Å². The van der Waals surface area contributed by atoms with Crippen LogP contribution in [0.2, 0.25) is 0 Å². The molecule has 0 amide bonds. The minimum Gasteiger partial charge on any atom is -0.458 e. The Hall–Kier alpha value is -2.16. The Balaban J connectivity index is 2.25. The van der Waals surface area contributed by atoms with Crippen LogP contribution in [-0.4, -0.2) is 12.6 Å². The molecule has 3 heteroatoms. The molecule has 2 rings (SSSR count). The highest BCUT2D eigenvalue weighted by molar-refractivity contribution is 5.85. The van der Waals surface area contributed by atoms with Crippen LogP contribution in [-0.2, 0) is 11.3 Å². The summed E-state index contributed by atoms with van der Waals surface area (Å²) < 4.78 is 6.94. The van der Waals surface area contributed by atoms with Crippen molar-refractivity contribution in [2.45, 2.75) is 13.5 Å². The lowest BCUT2D eigenvalue weighted by molar-refractivity contribution is -0.690. The first-order valence-corrected chi connectivity index (χ1v) is 6.00. The standard InChI is InChI=1S/C15H16NO2/c1-2-18-15(17)14-10-6-7-11-16(14)12-13-8-4-3-5-9-13/h3-11H,2,12H2,1H3/q+1. The van der Waals surface area contributed by atoms with E-state index >= 15 is 0 Å². The maximum Gasteiger partial charge on any atom is 0.403 e. The normalized spacial score (nSPS) is 10.1. The van der Waals surface area contributed by atoms with Gasteiger partial charge < -0.3 is 4.74 Å². The lowest BCUT2D eigenvalue weighted by Crippen LogP contribution is -2.41. The summed E-state index contributed by atoms with van der Waals surface area (Å²) in [7, 11) is 0. The molecule has 0 fully saturated rings. The number of esters is 1. The first kappa shape index (κ1) is 12.3. The molecule has 0 aliphatic carbocycles. The first-order chi connectivity index (χ1) is 8.81. The summed E-state index contributed by atoms with van der Waals surface area (Å²) in [5, 5.41) is 0. The number of hydrogen-bond acceptors (Lipinski definition) is 2. The average Bonchev–Trinajstić information content (AvgIpc) is 2.41. The molecule has 0 N–H and O–H groups in total. The summed E-state index contributed by atoms with van der Waals surface area (Å²) in [4.78, 5) is 11.8. The van der Waals surface area contributed by atoms with Crippen LogP contribution < -0.4 is 4.57 Å². The van der Waals surface area contributed by atoms with E-state index in [0.29, 0.717) is 18.8 Å². The summed E-state index contributed by atoms with van der Waals surface area (Å²) >= 11 is 0. The molecule has 0 unspecified atom stereocenters. The molecule has 0 aliphatic rings. The van der Waals surface area contributed by atoms with Crippen LogP contribution in [0.5, 0.6) is 0 Å². The van der Waals surface area contributed by atoms with Gasteiger partial charge in [0.2, 0.25) is 0 Å². The minimum atomic E-state index is -0.283. The molecule has 0 bridgehead atoms. The number of ether oxygens (including phenoxy) is 1. The molecule has 1 heterocycles. The van der Waals surface area contributed by atoms with Crippen LogP contribution in [0.25, 0.3) is 0 Å². The highest BCUT2D eigenvalue weighted by atomic mass is 16.5. The van der Waals surface area contributed by atoms with Crippen molar-refractivity contribution in [1.29, 1.82) is 0 Å². The lowest BCUT2D eigenvalue weighted by atomic mass is 10.2. The Morgan fingerprint density at radius 2 is 1.83 bits per heavy atom. The molecule has 2 aromatic rings. The van der Waals surface area contributed by atoms with Gasteiger partial charge in [-0.25, -0.2) is 4.79 Å². The van der Waals surface area contributed by atoms with Gasteiger partial charge in [-0.05, 0) is 13.0 Å². The van der Waals surface area contributed by atoms with Gasteiger partial charge in [-0.2, -0.15) is 4.57 Å². The monoisotopic (exact) mass is 242 g/mol. The predicted molar refractivity (Wildman–Crippen MR) is 68.1 cm³/mol. The Morgan fingerprint density at radius 1 is 1.11 bits per heavy atom. The highest BCUT2D eigenvalue weighted by Gasteiger charge is 2.19. The number of carbonyl (C=O) groups excluding carboxylic acids is 1. The Kier molecular flexibility index (Phi) is 4.07. The van der Waals surface area contributed by atoms with E-state index in [1.807, 2.05) is 60.2 Å². The third-order valence-corrected chi connectivity index (χ3v) is 2.62. The predicted octanol–water partition coefficient (Wildman–Crippen LogP) is 2.20. The molecule has 0 atom stereocenters. The summed E-state index contributed by atoms with van der Waals surface area (Å²) in [5.41, 5.74) is 1.72. The molecule has 18 heavy (non-hydrogen) atoms. The molecule has 92 valence electrons. The van der Waals surface area contributed by atoms with Crippen LogP contribution in [0.15, 0.2) is 54.7 Å². The molecule has 0 saturated heterocycles. The van der Waals surface area contributed by atoms with E-state index in [2.05, 4.69) is 0 Å². The van der Waals surface area contributed by atoms with Crippen molar-refractivity contribution in [2.75, 3.05) is 6.61 Å². The molecule has 0 saturated carbocycles. The van der Waals surface area contributed by atoms with Crippen LogP contribution in [0, 0.1) is 0 Å². The minimum absolute atomic E-state index is 0.283. The maximum atomic E-state index is 11.8. The van der Waals surface area contributed by atoms with Gasteiger partial charge >= 0.3 is 5.97 Å². The second-order valence-electron chi connectivity index (χ2n) is 3.92. The van der Waals surface area contributed by atoms with Gasteiger partial charge in [0.25, 0.3) is 5.69 Å². The van der Waals surface area contributed by atoms with Gasteiger partial charge in [-0.15, -0.1) is 0 Å². The van der Waals surface area contributed by atoms with Crippen LogP contribution in [0.4, 0.5) is 0 Å². The quantitative estimate of drug-likeness (QED) is 0.607. The largest absolute Gasteiger partial charge is 0.458 e. The summed E-state index contributed by atoms with van der Waals surface area (Å²) in [6.45, 7) is 2.86. The van der Waals surface area contributed by atoms with Crippen LogP contribution in [0.1, 0.15) is 23.0 Å². The van der Waals surface area contributed by atoms with Crippen molar-refractivity contribution >= 4 is 5.97 Å². The number of benzene rings is 1. The molecule has 1 aromatic heterocycles. The van der Waals surface area contributed by atoms with Gasteiger partial charge in [0.05, 0.1) is 6.61 Å². The van der Waals surface area contributed by atoms with Crippen molar-refractivity contribution in [1.82, 2.24) is 0 Å². The van der Waals surface area contributed by atoms with Crippen molar-refractivity contribution < 1.29 is 14.1 Å². The molecule has 1 aromatic carbocycles. The summed E-state index contributed by atoms with van der Waals surface area (Å²) in [6, 6.07) is 15.6. The third kappa shape index (κ3) is 2.94. The number of pyridine rings is 1. The van der Waals surface area contributed by atoms with Crippen LogP contribution >= 0.6 is 0 Å². The zero-order chi connectivity index (χ0) is 12.8. The molecular weight excluding hydrogens is 226 g/mol. The van der Waals surface area contributed by atoms with Crippen molar-refractivity contribution in [3.63, 3.8) is 0 Å². The SMILES string of the molecule is CCOC(=O)c1cccc[n+]1Cc1ccccc1. The fourth-order valence-electron chi connectivity index (χ4n) is 1.78. The number of aromatic nitrogens is 1. The second-order valence-corrected chi connectivity index (χ2v) is 3.92. The zero-order valence-corrected chi connectivity index (χ0v) is 10.4. The van der Waals surface area contributed by atoms with E-state index < -0.39 is 0 Å². The molecule has 0 aliphatic heterocycles. The number of nitrogens with zero attached hydrogens (tertiary/aromatic N) is 1. The Labute approximate surface area is 107 Å². The fraction of sp³-hybridized carbons (Fsp3) is 0.200. The van der Waals surface area contributed by atoms with E-state index in [1.165, 1.54) is 0 Å². The summed E-state index contributed by atoms with van der Waals surface area (Å²) in [5.74, 6) is -0.283. The van der Waals surface area contributed by atoms with E-state index in [4.69, 9.17) is 4.74 Å². The number of hydrogen-bond donors (Lipinski definition) is 0. The van der Waals surface area contributed by atoms with E-state index in [1.54, 1.807) is 6.07 Å². The van der Waals surface area contributed by atoms with Gasteiger partial charge in [-0.3, -0.25) is 0 Å². The number of rotatable bonds is 4. The smallest absolute Gasteiger partial charge is 0.403 e. The number of carbonyl (C=O) groups is 1. The van der Waals surface area contributed by atoms with Crippen LogP contribution in [0.3, 0.4) is 0 Å². The van der Waals surface area contributed by atoms with E-state index in [-0.39, 0.29) is 5.97 Å². The molecular formula is C15H16NO2+. The highest BCUT2D eigenvalue weighted by Crippen LogP contribution is 2.01. The van der Waals surface area contributed by atoms with E-state index in [9.17, 15) is 4.79 Å². The van der Waals surface area contributed by atoms with Crippen molar-refractivity contribution in [2.24, 2.45) is 0 Å². The van der Waals surface area contributed by atoms with Gasteiger partial charge in [-0.1, -0.05) is 30.3 Å². The van der Waals surface area contributed by atoms with Gasteiger partial charge in [0, 0.05) is 17.7 Å². The average molecular weight is 242 g/mol. The third-order valence-electron chi connectivity index (χ3n) is 2.62. The molecule has 0 radical (unpaired) electrons. The molecule has 3 nitrogen and oxygen atoms in total. The lowest BCUT2D eigenvalue weighted by Gasteiger charge is -2.03. The fourth-order valence-corrected chi connectivity index (χ4v) is 1.78. The Bertz CT molecular complexity index is 523. The first-order valence-electron chi connectivity index (χ1n) is 6.00. The van der Waals surface area contributed by atoms with Crippen molar-refractivity contribution in [3.8, 4) is 0 Å². The van der Waals surface area contributed by atoms with Crippen molar-refractivity contribution in [3.05, 3.63) is 66.0 Å². The van der Waals surface area contributed by atoms with Gasteiger partial charge in [0.1, 0.15) is 0 Å². The summed E-state index contributed by atoms with van der Waals surface area (Å²) in [6.07, 6.45) is 1.89. The Morgan fingerprint density at radius 3 is 2.56 bits per heavy atom.